The molecule has 0 spiro atoms. The molecule has 6 heteroatoms. The molecule has 1 atom stereocenters. The molecule has 1 amide bonds. The molecule has 0 aromatic rings. The molecule has 1 aliphatic rings. The van der Waals surface area contributed by atoms with Gasteiger partial charge in [0, 0.05) is 0 Å². The van der Waals surface area contributed by atoms with E-state index in [0.717, 1.165) is 0 Å². The van der Waals surface area contributed by atoms with Crippen LogP contribution >= 0.6 is 0 Å². The normalized spacial score (nSPS) is 23.0. The Balaban J connectivity index is 2.75. The van der Waals surface area contributed by atoms with Gasteiger partial charge in [-0.1, -0.05) is 0 Å². The van der Waals surface area contributed by atoms with E-state index in [1.165, 1.54) is 0 Å². The lowest BCUT2D eigenvalue weighted by atomic mass is 10.0. The van der Waals surface area contributed by atoms with Crippen molar-refractivity contribution in [2.45, 2.75) is 58.3 Å². The van der Waals surface area contributed by atoms with Crippen molar-refractivity contribution in [3.05, 3.63) is 0 Å². The molecule has 1 aliphatic heterocycles. The minimum absolute atomic E-state index is 0.116. The maximum Gasteiger partial charge on any atom is 0.410 e. The lowest BCUT2D eigenvalue weighted by Crippen LogP contribution is -2.59. The molecule has 1 heterocycles. The molecular formula is C13H23NO5. The summed E-state index contributed by atoms with van der Waals surface area (Å²) in [4.78, 5) is 24.4. The highest BCUT2D eigenvalue weighted by Gasteiger charge is 2.40. The molecule has 1 fully saturated rings. The van der Waals surface area contributed by atoms with Crippen molar-refractivity contribution in [1.82, 2.24) is 4.90 Å². The summed E-state index contributed by atoms with van der Waals surface area (Å²) in [5.41, 5.74) is -1.08. The Hall–Kier alpha value is -1.30. The Labute approximate surface area is 113 Å². The van der Waals surface area contributed by atoms with E-state index in [4.69, 9.17) is 14.6 Å². The molecule has 0 saturated carbocycles. The fraction of sp³-hybridized carbons (Fsp3) is 0.846. The molecule has 6 nitrogen and oxygen atoms in total. The largest absolute Gasteiger partial charge is 0.481 e. The Bertz CT molecular complexity index is 359. The van der Waals surface area contributed by atoms with Crippen LogP contribution in [-0.4, -0.2) is 52.5 Å². The summed E-state index contributed by atoms with van der Waals surface area (Å²) in [6.45, 7) is 9.66. The summed E-state index contributed by atoms with van der Waals surface area (Å²) < 4.78 is 10.8. The molecule has 0 radical (unpaired) electrons. The van der Waals surface area contributed by atoms with Crippen LogP contribution in [0.3, 0.4) is 0 Å². The molecule has 1 rings (SSSR count). The number of aliphatic carboxylic acids is 1. The second kappa shape index (κ2) is 5.36. The van der Waals surface area contributed by atoms with Crippen molar-refractivity contribution < 1.29 is 24.2 Å². The van der Waals surface area contributed by atoms with Crippen LogP contribution in [0.25, 0.3) is 0 Å². The molecular weight excluding hydrogens is 250 g/mol. The van der Waals surface area contributed by atoms with Crippen molar-refractivity contribution in [2.24, 2.45) is 0 Å². The van der Waals surface area contributed by atoms with Gasteiger partial charge >= 0.3 is 12.1 Å². The van der Waals surface area contributed by atoms with Gasteiger partial charge < -0.3 is 14.6 Å². The fourth-order valence-electron chi connectivity index (χ4n) is 1.86. The van der Waals surface area contributed by atoms with Crippen LogP contribution in [0, 0.1) is 0 Å². The van der Waals surface area contributed by atoms with E-state index < -0.39 is 29.3 Å². The molecule has 110 valence electrons. The van der Waals surface area contributed by atoms with Crippen LogP contribution in [-0.2, 0) is 14.3 Å². The molecule has 1 N–H and O–H groups in total. The minimum Gasteiger partial charge on any atom is -0.481 e. The van der Waals surface area contributed by atoms with E-state index in [0.29, 0.717) is 6.61 Å². The summed E-state index contributed by atoms with van der Waals surface area (Å²) in [5.74, 6) is -0.936. The van der Waals surface area contributed by atoms with E-state index in [2.05, 4.69) is 0 Å². The maximum atomic E-state index is 12.2. The van der Waals surface area contributed by atoms with Crippen LogP contribution < -0.4 is 0 Å². The topological polar surface area (TPSA) is 76.1 Å². The van der Waals surface area contributed by atoms with Crippen molar-refractivity contribution in [2.75, 3.05) is 13.2 Å². The van der Waals surface area contributed by atoms with Crippen molar-refractivity contribution in [1.29, 1.82) is 0 Å². The molecule has 0 unspecified atom stereocenters. The standard InChI is InChI=1S/C13H23NO5/c1-12(2,3)19-11(17)14-7-9(6-10(15)16)18-8-13(14,4)5/h9H,6-8H2,1-5H3,(H,15,16)/t9-/m1/s1. The van der Waals surface area contributed by atoms with Gasteiger partial charge in [-0.3, -0.25) is 9.69 Å². The summed E-state index contributed by atoms with van der Waals surface area (Å²) in [6, 6.07) is 0. The summed E-state index contributed by atoms with van der Waals surface area (Å²) in [6.07, 6.45) is -1.04. The highest BCUT2D eigenvalue weighted by Crippen LogP contribution is 2.25. The number of hydrogen-bond acceptors (Lipinski definition) is 4. The second-order valence-electron chi connectivity index (χ2n) is 6.43. The molecule has 0 aromatic heterocycles. The van der Waals surface area contributed by atoms with Gasteiger partial charge in [-0.2, -0.15) is 0 Å². The Kier molecular flexibility index (Phi) is 4.45. The third kappa shape index (κ3) is 4.70. The van der Waals surface area contributed by atoms with Crippen LogP contribution in [0.2, 0.25) is 0 Å². The zero-order valence-corrected chi connectivity index (χ0v) is 12.2. The lowest BCUT2D eigenvalue weighted by molar-refractivity contribution is -0.146. The predicted octanol–water partition coefficient (Wildman–Crippen LogP) is 1.88. The number of nitrogens with zero attached hydrogens (tertiary/aromatic N) is 1. The summed E-state index contributed by atoms with van der Waals surface area (Å²) in [5, 5.41) is 8.79. The summed E-state index contributed by atoms with van der Waals surface area (Å²) in [7, 11) is 0. The van der Waals surface area contributed by atoms with Gasteiger partial charge in [-0.15, -0.1) is 0 Å². The zero-order valence-electron chi connectivity index (χ0n) is 12.2. The first-order valence-corrected chi connectivity index (χ1v) is 6.35. The van der Waals surface area contributed by atoms with Gasteiger partial charge in [0.05, 0.1) is 31.2 Å². The number of amides is 1. The zero-order chi connectivity index (χ0) is 14.8. The first kappa shape index (κ1) is 15.8. The van der Waals surface area contributed by atoms with Gasteiger partial charge in [0.2, 0.25) is 0 Å². The van der Waals surface area contributed by atoms with Crippen molar-refractivity contribution in [3.8, 4) is 0 Å². The summed E-state index contributed by atoms with van der Waals surface area (Å²) >= 11 is 0. The average molecular weight is 273 g/mol. The van der Waals surface area contributed by atoms with Crippen LogP contribution in [0.5, 0.6) is 0 Å². The SMILES string of the molecule is CC(C)(C)OC(=O)N1C[C@@H](CC(=O)O)OCC1(C)C. The van der Waals surface area contributed by atoms with E-state index in [-0.39, 0.29) is 13.0 Å². The molecule has 1 saturated heterocycles. The molecule has 19 heavy (non-hydrogen) atoms. The van der Waals surface area contributed by atoms with Gasteiger partial charge in [0.1, 0.15) is 5.60 Å². The van der Waals surface area contributed by atoms with Crippen LogP contribution in [0.4, 0.5) is 4.79 Å². The van der Waals surface area contributed by atoms with Gasteiger partial charge in [0.15, 0.2) is 0 Å². The Morgan fingerprint density at radius 1 is 1.42 bits per heavy atom. The molecule has 0 aliphatic carbocycles. The number of carboxylic acids is 1. The minimum atomic E-state index is -0.936. The van der Waals surface area contributed by atoms with E-state index in [1.54, 1.807) is 25.7 Å². The van der Waals surface area contributed by atoms with Gasteiger partial charge in [-0.25, -0.2) is 4.79 Å². The van der Waals surface area contributed by atoms with Gasteiger partial charge in [0.25, 0.3) is 0 Å². The fourth-order valence-corrected chi connectivity index (χ4v) is 1.86. The smallest absolute Gasteiger partial charge is 0.410 e. The molecule has 0 aromatic carbocycles. The van der Waals surface area contributed by atoms with E-state index in [1.807, 2.05) is 13.8 Å². The van der Waals surface area contributed by atoms with Crippen LogP contribution in [0.15, 0.2) is 0 Å². The Morgan fingerprint density at radius 2 is 2.00 bits per heavy atom. The number of carbonyl (C=O) groups is 2. The third-order valence-corrected chi connectivity index (χ3v) is 2.81. The maximum absolute atomic E-state index is 12.2. The first-order valence-electron chi connectivity index (χ1n) is 6.35. The number of carbonyl (C=O) groups excluding carboxylic acids is 1. The number of carboxylic acid groups (broad SMARTS) is 1. The van der Waals surface area contributed by atoms with Gasteiger partial charge in [-0.05, 0) is 34.6 Å². The molecule has 0 bridgehead atoms. The van der Waals surface area contributed by atoms with Crippen molar-refractivity contribution >= 4 is 12.1 Å². The van der Waals surface area contributed by atoms with Crippen LogP contribution in [0.1, 0.15) is 41.0 Å². The third-order valence-electron chi connectivity index (χ3n) is 2.81. The first-order chi connectivity index (χ1) is 8.51. The lowest BCUT2D eigenvalue weighted by Gasteiger charge is -2.45. The monoisotopic (exact) mass is 273 g/mol. The highest BCUT2D eigenvalue weighted by molar-refractivity contribution is 5.70. The number of ether oxygens (including phenoxy) is 2. The average Bonchev–Trinajstić information content (AvgIpc) is 2.17. The second-order valence-corrected chi connectivity index (χ2v) is 6.43. The van der Waals surface area contributed by atoms with E-state index in [9.17, 15) is 9.59 Å². The number of morpholine rings is 1. The highest BCUT2D eigenvalue weighted by atomic mass is 16.6. The number of hydrogen-bond donors (Lipinski definition) is 1. The van der Waals surface area contributed by atoms with Crippen molar-refractivity contribution in [3.63, 3.8) is 0 Å². The number of rotatable bonds is 2. The predicted molar refractivity (Wildman–Crippen MR) is 69.0 cm³/mol. The quantitative estimate of drug-likeness (QED) is 0.831. The van der Waals surface area contributed by atoms with E-state index >= 15 is 0 Å². The Morgan fingerprint density at radius 3 is 2.47 bits per heavy atom.